The normalized spacial score (nSPS) is 15.1. The molecule has 1 aliphatic heterocycles. The Kier molecular flexibility index (Phi) is 3.36. The molecule has 4 rings (SSSR count). The first-order valence-corrected chi connectivity index (χ1v) is 8.65. The van der Waals surface area contributed by atoms with Gasteiger partial charge in [-0.05, 0) is 36.7 Å². The smallest absolute Gasteiger partial charge is 0.390 e. The lowest BCUT2D eigenvalue weighted by atomic mass is 10.0. The third-order valence-electron chi connectivity index (χ3n) is 3.88. The van der Waals surface area contributed by atoms with Crippen LogP contribution in [0.2, 0.25) is 0 Å². The number of anilines is 1. The molecule has 0 atom stereocenters. The van der Waals surface area contributed by atoms with Gasteiger partial charge in [0.15, 0.2) is 0 Å². The van der Waals surface area contributed by atoms with Crippen molar-refractivity contribution in [1.29, 1.82) is 0 Å². The second-order valence-corrected chi connectivity index (χ2v) is 7.54. The number of alkyl halides is 3. The van der Waals surface area contributed by atoms with E-state index in [4.69, 9.17) is 5.73 Å². The van der Waals surface area contributed by atoms with E-state index >= 15 is 0 Å². The number of benzene rings is 1. The molecule has 1 aliphatic rings. The fraction of sp³-hybridized carbons (Fsp3) is 0.267. The van der Waals surface area contributed by atoms with Crippen molar-refractivity contribution in [3.8, 4) is 10.6 Å². The second kappa shape index (κ2) is 5.19. The minimum absolute atomic E-state index is 0.369. The standard InChI is InChI=1S/C15H12F3N3S2/c16-15(17,18)7-1-2-10-9(5-7)21-14(23-10)12-8-3-4-20-6-11(8)22-13(12)19/h1-2,5,20H,3-4,6,19H2. The summed E-state index contributed by atoms with van der Waals surface area (Å²) in [5, 5.41) is 4.69. The van der Waals surface area contributed by atoms with Crippen LogP contribution in [0, 0.1) is 0 Å². The highest BCUT2D eigenvalue weighted by molar-refractivity contribution is 7.22. The molecule has 23 heavy (non-hydrogen) atoms. The maximum Gasteiger partial charge on any atom is 0.416 e. The molecule has 0 radical (unpaired) electrons. The first-order valence-electron chi connectivity index (χ1n) is 7.02. The number of thiazole rings is 1. The number of hydrogen-bond acceptors (Lipinski definition) is 5. The van der Waals surface area contributed by atoms with Crippen LogP contribution in [0.3, 0.4) is 0 Å². The maximum atomic E-state index is 12.8. The van der Waals surface area contributed by atoms with Crippen molar-refractivity contribution in [3.63, 3.8) is 0 Å². The molecule has 120 valence electrons. The van der Waals surface area contributed by atoms with Crippen LogP contribution in [-0.2, 0) is 19.1 Å². The van der Waals surface area contributed by atoms with Crippen molar-refractivity contribution in [2.45, 2.75) is 19.1 Å². The van der Waals surface area contributed by atoms with Crippen molar-refractivity contribution in [2.75, 3.05) is 12.3 Å². The summed E-state index contributed by atoms with van der Waals surface area (Å²) in [6, 6.07) is 3.68. The van der Waals surface area contributed by atoms with Gasteiger partial charge in [-0.3, -0.25) is 0 Å². The molecule has 0 saturated carbocycles. The van der Waals surface area contributed by atoms with Gasteiger partial charge in [-0.1, -0.05) is 0 Å². The number of aromatic nitrogens is 1. The maximum absolute atomic E-state index is 12.8. The fourth-order valence-electron chi connectivity index (χ4n) is 2.80. The summed E-state index contributed by atoms with van der Waals surface area (Å²) in [4.78, 5) is 5.62. The summed E-state index contributed by atoms with van der Waals surface area (Å²) >= 11 is 2.92. The Balaban J connectivity index is 1.86. The van der Waals surface area contributed by atoms with Gasteiger partial charge in [-0.2, -0.15) is 13.2 Å². The summed E-state index contributed by atoms with van der Waals surface area (Å²) in [6.07, 6.45) is -3.49. The highest BCUT2D eigenvalue weighted by Crippen LogP contribution is 2.43. The van der Waals surface area contributed by atoms with Crippen LogP contribution in [0.25, 0.3) is 20.8 Å². The Morgan fingerprint density at radius 2 is 2.04 bits per heavy atom. The van der Waals surface area contributed by atoms with Gasteiger partial charge in [0, 0.05) is 17.0 Å². The molecule has 3 N–H and O–H groups in total. The lowest BCUT2D eigenvalue weighted by Gasteiger charge is -2.13. The molecule has 0 amide bonds. The van der Waals surface area contributed by atoms with Gasteiger partial charge in [0.1, 0.15) is 5.01 Å². The van der Waals surface area contributed by atoms with Crippen molar-refractivity contribution in [1.82, 2.24) is 10.3 Å². The van der Waals surface area contributed by atoms with Gasteiger partial charge in [0.2, 0.25) is 0 Å². The van der Waals surface area contributed by atoms with E-state index in [0.717, 1.165) is 41.9 Å². The van der Waals surface area contributed by atoms with Crippen molar-refractivity contribution in [2.24, 2.45) is 0 Å². The van der Waals surface area contributed by atoms with E-state index in [1.807, 2.05) is 0 Å². The Morgan fingerprint density at radius 1 is 1.22 bits per heavy atom. The van der Waals surface area contributed by atoms with E-state index in [2.05, 4.69) is 10.3 Å². The van der Waals surface area contributed by atoms with Crippen LogP contribution in [0.4, 0.5) is 18.2 Å². The Morgan fingerprint density at radius 3 is 2.83 bits per heavy atom. The van der Waals surface area contributed by atoms with Gasteiger partial charge in [0.25, 0.3) is 0 Å². The monoisotopic (exact) mass is 355 g/mol. The molecule has 0 saturated heterocycles. The minimum Gasteiger partial charge on any atom is -0.390 e. The Bertz CT molecular complexity index is 895. The van der Waals surface area contributed by atoms with Crippen molar-refractivity contribution >= 4 is 37.9 Å². The molecule has 3 heterocycles. The third-order valence-corrected chi connectivity index (χ3v) is 6.00. The fourth-order valence-corrected chi connectivity index (χ4v) is 4.99. The summed E-state index contributed by atoms with van der Waals surface area (Å²) in [5.74, 6) is 0. The molecular formula is C15H12F3N3S2. The average Bonchev–Trinajstić information content (AvgIpc) is 3.04. The van der Waals surface area contributed by atoms with Gasteiger partial charge < -0.3 is 11.1 Å². The van der Waals surface area contributed by atoms with Crippen LogP contribution >= 0.6 is 22.7 Å². The van der Waals surface area contributed by atoms with Crippen LogP contribution in [-0.4, -0.2) is 11.5 Å². The molecule has 8 heteroatoms. The highest BCUT2D eigenvalue weighted by atomic mass is 32.1. The molecular weight excluding hydrogens is 343 g/mol. The van der Waals surface area contributed by atoms with Gasteiger partial charge in [-0.25, -0.2) is 4.98 Å². The summed E-state index contributed by atoms with van der Waals surface area (Å²) in [5.41, 5.74) is 7.93. The van der Waals surface area contributed by atoms with E-state index < -0.39 is 11.7 Å². The lowest BCUT2D eigenvalue weighted by molar-refractivity contribution is -0.137. The molecule has 3 aromatic rings. The summed E-state index contributed by atoms with van der Waals surface area (Å²) < 4.78 is 39.2. The highest BCUT2D eigenvalue weighted by Gasteiger charge is 2.31. The van der Waals surface area contributed by atoms with Crippen LogP contribution in [0.5, 0.6) is 0 Å². The number of nitrogens with zero attached hydrogens (tertiary/aromatic N) is 1. The van der Waals surface area contributed by atoms with Crippen molar-refractivity contribution in [3.05, 3.63) is 34.2 Å². The number of halogens is 3. The molecule has 0 spiro atoms. The molecule has 1 aromatic carbocycles. The summed E-state index contributed by atoms with van der Waals surface area (Å²) in [6.45, 7) is 1.66. The molecule has 2 aromatic heterocycles. The number of hydrogen-bond donors (Lipinski definition) is 2. The topological polar surface area (TPSA) is 50.9 Å². The van der Waals surface area contributed by atoms with Crippen LogP contribution in [0.15, 0.2) is 18.2 Å². The number of nitrogen functional groups attached to an aromatic ring is 1. The number of thiophene rings is 1. The molecule has 3 nitrogen and oxygen atoms in total. The minimum atomic E-state index is -4.36. The zero-order valence-electron chi connectivity index (χ0n) is 11.8. The van der Waals surface area contributed by atoms with E-state index in [1.165, 1.54) is 39.2 Å². The van der Waals surface area contributed by atoms with Crippen LogP contribution in [0.1, 0.15) is 16.0 Å². The molecule has 0 bridgehead atoms. The van der Waals surface area contributed by atoms with E-state index in [0.29, 0.717) is 15.5 Å². The van der Waals surface area contributed by atoms with E-state index in [1.54, 1.807) is 0 Å². The molecule has 0 aliphatic carbocycles. The second-order valence-electron chi connectivity index (χ2n) is 5.37. The van der Waals surface area contributed by atoms with Crippen LogP contribution < -0.4 is 11.1 Å². The van der Waals surface area contributed by atoms with Gasteiger partial charge in [-0.15, -0.1) is 22.7 Å². The molecule has 0 fully saturated rings. The quantitative estimate of drug-likeness (QED) is 0.685. The van der Waals surface area contributed by atoms with Crippen molar-refractivity contribution < 1.29 is 13.2 Å². The first kappa shape index (κ1) is 14.9. The zero-order chi connectivity index (χ0) is 16.2. The number of nitrogens with one attached hydrogen (secondary N) is 1. The third kappa shape index (κ3) is 2.50. The number of nitrogens with two attached hydrogens (primary N) is 1. The SMILES string of the molecule is Nc1sc2c(c1-c1nc3cc(C(F)(F)F)ccc3s1)CCNC2. The average molecular weight is 355 g/mol. The summed E-state index contributed by atoms with van der Waals surface area (Å²) in [7, 11) is 0. The van der Waals surface area contributed by atoms with Gasteiger partial charge in [0.05, 0.1) is 20.8 Å². The Hall–Kier alpha value is -1.64. The predicted octanol–water partition coefficient (Wildman–Crippen LogP) is 4.27. The van der Waals surface area contributed by atoms with Gasteiger partial charge >= 0.3 is 6.18 Å². The lowest BCUT2D eigenvalue weighted by Crippen LogP contribution is -2.22. The number of fused-ring (bicyclic) bond motifs is 2. The van der Waals surface area contributed by atoms with E-state index in [-0.39, 0.29) is 0 Å². The molecule has 0 unspecified atom stereocenters. The predicted molar refractivity (Wildman–Crippen MR) is 87.8 cm³/mol. The number of rotatable bonds is 1. The first-order chi connectivity index (χ1) is 10.9. The largest absolute Gasteiger partial charge is 0.416 e. The van der Waals surface area contributed by atoms with E-state index in [9.17, 15) is 13.2 Å². The zero-order valence-corrected chi connectivity index (χ0v) is 13.5. The Labute approximate surface area is 138 Å².